The van der Waals surface area contributed by atoms with Gasteiger partial charge in [-0.1, -0.05) is 19.8 Å². The number of aliphatic hydroxyl groups excluding tert-OH is 1. The van der Waals surface area contributed by atoms with Gasteiger partial charge >= 0.3 is 0 Å². The van der Waals surface area contributed by atoms with Crippen molar-refractivity contribution in [2.75, 3.05) is 6.61 Å². The zero-order valence-corrected chi connectivity index (χ0v) is 7.50. The normalized spacial score (nSPS) is 12.2. The summed E-state index contributed by atoms with van der Waals surface area (Å²) in [5, 5.41) is 11.5. The molecule has 0 saturated carbocycles. The van der Waals surface area contributed by atoms with Gasteiger partial charge < -0.3 is 10.4 Å². The zero-order chi connectivity index (χ0) is 9.56. The second kappa shape index (κ2) is 5.62. The fourth-order valence-corrected chi connectivity index (χ4v) is 0.774. The third kappa shape index (κ3) is 3.99. The minimum atomic E-state index is -0.203. The SMILES string of the molecule is C#CCC(=O)NC(CO)C(C)C. The van der Waals surface area contributed by atoms with Gasteiger partial charge in [-0.3, -0.25) is 4.79 Å². The summed E-state index contributed by atoms with van der Waals surface area (Å²) in [5.41, 5.74) is 0. The van der Waals surface area contributed by atoms with Crippen molar-refractivity contribution in [1.82, 2.24) is 5.32 Å². The summed E-state index contributed by atoms with van der Waals surface area (Å²) < 4.78 is 0. The summed E-state index contributed by atoms with van der Waals surface area (Å²) >= 11 is 0. The van der Waals surface area contributed by atoms with Crippen LogP contribution in [0.4, 0.5) is 0 Å². The molecule has 1 atom stereocenters. The van der Waals surface area contributed by atoms with Crippen LogP contribution in [0.25, 0.3) is 0 Å². The summed E-state index contributed by atoms with van der Waals surface area (Å²) in [6, 6.07) is -0.189. The number of terminal acetylenes is 1. The van der Waals surface area contributed by atoms with E-state index in [1.807, 2.05) is 13.8 Å². The smallest absolute Gasteiger partial charge is 0.232 e. The average molecular weight is 169 g/mol. The van der Waals surface area contributed by atoms with E-state index >= 15 is 0 Å². The first-order valence-electron chi connectivity index (χ1n) is 3.95. The van der Waals surface area contributed by atoms with Crippen molar-refractivity contribution in [3.05, 3.63) is 0 Å². The van der Waals surface area contributed by atoms with Crippen LogP contribution < -0.4 is 5.32 Å². The van der Waals surface area contributed by atoms with Crippen molar-refractivity contribution in [2.45, 2.75) is 26.3 Å². The second-order valence-corrected chi connectivity index (χ2v) is 2.98. The molecule has 3 nitrogen and oxygen atoms in total. The van der Waals surface area contributed by atoms with Crippen molar-refractivity contribution in [2.24, 2.45) is 5.92 Å². The number of amides is 1. The molecule has 0 spiro atoms. The standard InChI is InChI=1S/C9H15NO2/c1-4-5-9(12)10-8(6-11)7(2)3/h1,7-8,11H,5-6H2,2-3H3,(H,10,12). The van der Waals surface area contributed by atoms with Gasteiger partial charge in [-0.15, -0.1) is 6.42 Å². The Hall–Kier alpha value is -1.01. The first kappa shape index (κ1) is 11.0. The van der Waals surface area contributed by atoms with Gasteiger partial charge in [-0.05, 0) is 5.92 Å². The van der Waals surface area contributed by atoms with Gasteiger partial charge in [-0.2, -0.15) is 0 Å². The molecule has 3 heteroatoms. The Bertz CT molecular complexity index is 181. The summed E-state index contributed by atoms with van der Waals surface area (Å²) in [6.45, 7) is 3.81. The van der Waals surface area contributed by atoms with Gasteiger partial charge in [0.1, 0.15) is 0 Å². The van der Waals surface area contributed by atoms with Gasteiger partial charge in [0.25, 0.3) is 0 Å². The molecule has 0 aliphatic carbocycles. The van der Waals surface area contributed by atoms with Crippen LogP contribution in [-0.2, 0) is 4.79 Å². The van der Waals surface area contributed by atoms with Crippen LogP contribution in [0.3, 0.4) is 0 Å². The maximum atomic E-state index is 11.0. The van der Waals surface area contributed by atoms with E-state index in [0.29, 0.717) is 0 Å². The Morgan fingerprint density at radius 3 is 2.58 bits per heavy atom. The summed E-state index contributed by atoms with van der Waals surface area (Å²) in [7, 11) is 0. The maximum Gasteiger partial charge on any atom is 0.232 e. The molecule has 0 bridgehead atoms. The van der Waals surface area contributed by atoms with Crippen LogP contribution in [0.2, 0.25) is 0 Å². The van der Waals surface area contributed by atoms with Gasteiger partial charge in [0, 0.05) is 0 Å². The third-order valence-electron chi connectivity index (χ3n) is 1.61. The molecule has 1 amide bonds. The number of hydrogen-bond acceptors (Lipinski definition) is 2. The predicted molar refractivity (Wildman–Crippen MR) is 47.3 cm³/mol. The molecule has 0 rings (SSSR count). The lowest BCUT2D eigenvalue weighted by Gasteiger charge is -2.18. The van der Waals surface area contributed by atoms with E-state index in [-0.39, 0.29) is 30.9 Å². The molecule has 1 unspecified atom stereocenters. The zero-order valence-electron chi connectivity index (χ0n) is 7.50. The summed E-state index contributed by atoms with van der Waals surface area (Å²) in [4.78, 5) is 11.0. The molecule has 0 saturated heterocycles. The van der Waals surface area contributed by atoms with Crippen LogP contribution >= 0.6 is 0 Å². The van der Waals surface area contributed by atoms with E-state index in [4.69, 9.17) is 11.5 Å². The Morgan fingerprint density at radius 2 is 2.25 bits per heavy atom. The topological polar surface area (TPSA) is 49.3 Å². The van der Waals surface area contributed by atoms with Gasteiger partial charge in [0.15, 0.2) is 0 Å². The molecule has 0 fully saturated rings. The van der Waals surface area contributed by atoms with Gasteiger partial charge in [0.2, 0.25) is 5.91 Å². The van der Waals surface area contributed by atoms with Gasteiger partial charge in [-0.25, -0.2) is 0 Å². The minimum Gasteiger partial charge on any atom is -0.394 e. The second-order valence-electron chi connectivity index (χ2n) is 2.98. The molecule has 0 radical (unpaired) electrons. The maximum absolute atomic E-state index is 11.0. The first-order valence-corrected chi connectivity index (χ1v) is 3.95. The van der Waals surface area contributed by atoms with Crippen LogP contribution in [-0.4, -0.2) is 23.7 Å². The Kier molecular flexibility index (Phi) is 5.14. The van der Waals surface area contributed by atoms with Crippen molar-refractivity contribution >= 4 is 5.91 Å². The molecule has 68 valence electrons. The molecule has 2 N–H and O–H groups in total. The highest BCUT2D eigenvalue weighted by atomic mass is 16.3. The predicted octanol–water partition coefficient (Wildman–Crippen LogP) is 0.143. The number of carbonyl (C=O) groups excluding carboxylic acids is 1. The highest BCUT2D eigenvalue weighted by Gasteiger charge is 2.13. The molecule has 0 heterocycles. The fourth-order valence-electron chi connectivity index (χ4n) is 0.774. The minimum absolute atomic E-state index is 0.0476. The molecule has 0 aromatic carbocycles. The molecular weight excluding hydrogens is 154 g/mol. The number of aliphatic hydroxyl groups is 1. The van der Waals surface area contributed by atoms with E-state index in [1.54, 1.807) is 0 Å². The lowest BCUT2D eigenvalue weighted by molar-refractivity contribution is -0.121. The van der Waals surface area contributed by atoms with E-state index < -0.39 is 0 Å². The summed E-state index contributed by atoms with van der Waals surface area (Å²) in [5.74, 6) is 2.26. The third-order valence-corrected chi connectivity index (χ3v) is 1.61. The molecule has 0 aromatic rings. The van der Waals surface area contributed by atoms with Crippen molar-refractivity contribution < 1.29 is 9.90 Å². The monoisotopic (exact) mass is 169 g/mol. The lowest BCUT2D eigenvalue weighted by Crippen LogP contribution is -2.40. The van der Waals surface area contributed by atoms with E-state index in [1.165, 1.54) is 0 Å². The van der Waals surface area contributed by atoms with Crippen LogP contribution in [0.1, 0.15) is 20.3 Å². The number of carbonyl (C=O) groups is 1. The Morgan fingerprint density at radius 1 is 1.67 bits per heavy atom. The number of rotatable bonds is 4. The van der Waals surface area contributed by atoms with Crippen molar-refractivity contribution in [3.63, 3.8) is 0 Å². The van der Waals surface area contributed by atoms with Crippen LogP contribution in [0, 0.1) is 18.3 Å². The van der Waals surface area contributed by atoms with Crippen LogP contribution in [0.5, 0.6) is 0 Å². The highest BCUT2D eigenvalue weighted by Crippen LogP contribution is 2.00. The van der Waals surface area contributed by atoms with Crippen molar-refractivity contribution in [3.8, 4) is 12.3 Å². The Balaban J connectivity index is 3.87. The largest absolute Gasteiger partial charge is 0.394 e. The molecule has 0 aliphatic heterocycles. The highest BCUT2D eigenvalue weighted by molar-refractivity contribution is 5.78. The Labute approximate surface area is 73.2 Å². The van der Waals surface area contributed by atoms with Crippen LogP contribution in [0.15, 0.2) is 0 Å². The lowest BCUT2D eigenvalue weighted by atomic mass is 10.1. The first-order chi connectivity index (χ1) is 5.61. The number of nitrogens with one attached hydrogen (secondary N) is 1. The molecule has 0 aliphatic rings. The van der Waals surface area contributed by atoms with E-state index in [2.05, 4.69) is 11.2 Å². The van der Waals surface area contributed by atoms with Gasteiger partial charge in [0.05, 0.1) is 19.1 Å². The van der Waals surface area contributed by atoms with E-state index in [9.17, 15) is 4.79 Å². The molecular formula is C9H15NO2. The summed E-state index contributed by atoms with van der Waals surface area (Å²) in [6.07, 6.45) is 5.02. The number of hydrogen-bond donors (Lipinski definition) is 2. The molecule has 12 heavy (non-hydrogen) atoms. The van der Waals surface area contributed by atoms with E-state index in [0.717, 1.165) is 0 Å². The van der Waals surface area contributed by atoms with Crippen molar-refractivity contribution in [1.29, 1.82) is 0 Å². The quantitative estimate of drug-likeness (QED) is 0.588. The fraction of sp³-hybridized carbons (Fsp3) is 0.667. The average Bonchev–Trinajstić information content (AvgIpc) is 2.00. The molecule has 0 aromatic heterocycles.